The number of ether oxygens (including phenoxy) is 2. The second kappa shape index (κ2) is 10.2. The summed E-state index contributed by atoms with van der Waals surface area (Å²) in [4.78, 5) is 12.0. The van der Waals surface area contributed by atoms with Crippen LogP contribution in [0.1, 0.15) is 18.4 Å². The van der Waals surface area contributed by atoms with Crippen LogP contribution >= 0.6 is 0 Å². The van der Waals surface area contributed by atoms with Gasteiger partial charge >= 0.3 is 0 Å². The molecule has 13 heteroatoms. The average Bonchev–Trinajstić information content (AvgIpc) is 3.27. The molecule has 1 N–H and O–H groups in total. The Kier molecular flexibility index (Phi) is 7.10. The van der Waals surface area contributed by atoms with E-state index in [-0.39, 0.29) is 18.2 Å². The number of pyridine rings is 1. The number of aryl methyl sites for hydroxylation is 1. The zero-order valence-corrected chi connectivity index (χ0v) is 20.8. The van der Waals surface area contributed by atoms with Gasteiger partial charge < -0.3 is 9.47 Å². The minimum Gasteiger partial charge on any atom is -0.494 e. The Bertz CT molecular complexity index is 1440. The van der Waals surface area contributed by atoms with E-state index in [9.17, 15) is 12.8 Å². The molecule has 3 aromatic heterocycles. The molecule has 188 valence electrons. The lowest BCUT2D eigenvalue weighted by molar-refractivity contribution is 0.391. The Labute approximate surface area is 207 Å². The van der Waals surface area contributed by atoms with Crippen molar-refractivity contribution in [3.8, 4) is 28.6 Å². The number of nitrogens with one attached hydrogen (secondary N) is 1. The number of methoxy groups -OCH3 is 2. The van der Waals surface area contributed by atoms with Crippen LogP contribution in [0.4, 0.5) is 10.3 Å². The molecule has 1 atom stereocenters. The van der Waals surface area contributed by atoms with E-state index in [1.165, 1.54) is 25.7 Å². The van der Waals surface area contributed by atoms with Crippen LogP contribution in [-0.4, -0.2) is 57.6 Å². The molecule has 36 heavy (non-hydrogen) atoms. The number of sulfonamides is 1. The lowest BCUT2D eigenvalue weighted by Crippen LogP contribution is -2.29. The van der Waals surface area contributed by atoms with Crippen molar-refractivity contribution in [2.75, 3.05) is 18.9 Å². The molecule has 4 rings (SSSR count). The molecule has 0 amide bonds. The van der Waals surface area contributed by atoms with Gasteiger partial charge in [0, 0.05) is 23.9 Å². The minimum atomic E-state index is -4.01. The van der Waals surface area contributed by atoms with Crippen LogP contribution in [0.15, 0.2) is 48.9 Å². The summed E-state index contributed by atoms with van der Waals surface area (Å²) in [7, 11) is -1.03. The fourth-order valence-electron chi connectivity index (χ4n) is 3.44. The zero-order valence-electron chi connectivity index (χ0n) is 20.0. The summed E-state index contributed by atoms with van der Waals surface area (Å²) in [5.41, 5.74) is 1.80. The molecular weight excluding hydrogens is 489 g/mol. The quantitative estimate of drug-likeness (QED) is 0.358. The lowest BCUT2D eigenvalue weighted by Gasteiger charge is -2.19. The van der Waals surface area contributed by atoms with Gasteiger partial charge in [-0.15, -0.1) is 10.2 Å². The molecule has 0 bridgehead atoms. The summed E-state index contributed by atoms with van der Waals surface area (Å²) >= 11 is 0. The number of rotatable bonds is 9. The van der Waals surface area contributed by atoms with Crippen LogP contribution in [0, 0.1) is 12.7 Å². The first-order valence-electron chi connectivity index (χ1n) is 10.8. The smallest absolute Gasteiger partial charge is 0.243 e. The first-order chi connectivity index (χ1) is 17.2. The monoisotopic (exact) mass is 513 g/mol. The van der Waals surface area contributed by atoms with Crippen molar-refractivity contribution >= 4 is 16.0 Å². The number of benzene rings is 1. The van der Waals surface area contributed by atoms with Crippen molar-refractivity contribution in [2.45, 2.75) is 25.5 Å². The standard InChI is InChI=1S/C23H24FN7O4S/c1-14-8-9-16(11-25-14)22-28-29-23(31(22)21-18(34-3)6-5-7-19(21)35-4)30-36(32,33)15(2)10-20-26-12-17(24)13-27-20/h5-9,11-13,15H,10H2,1-4H3,(H,29,30)/t15-/m0/s1. The summed E-state index contributed by atoms with van der Waals surface area (Å²) < 4.78 is 54.8. The molecule has 0 aliphatic carbocycles. The van der Waals surface area contributed by atoms with E-state index in [0.717, 1.165) is 18.1 Å². The average molecular weight is 514 g/mol. The number of anilines is 1. The van der Waals surface area contributed by atoms with E-state index in [0.29, 0.717) is 28.6 Å². The Morgan fingerprint density at radius 3 is 2.25 bits per heavy atom. The van der Waals surface area contributed by atoms with Gasteiger partial charge in [0.25, 0.3) is 0 Å². The van der Waals surface area contributed by atoms with Crippen molar-refractivity contribution in [3.05, 3.63) is 66.3 Å². The number of aromatic nitrogens is 6. The van der Waals surface area contributed by atoms with Crippen LogP contribution in [0.3, 0.4) is 0 Å². The molecule has 4 aromatic rings. The van der Waals surface area contributed by atoms with Gasteiger partial charge in [-0.05, 0) is 38.1 Å². The van der Waals surface area contributed by atoms with E-state index in [2.05, 4.69) is 29.9 Å². The van der Waals surface area contributed by atoms with Gasteiger partial charge in [0.05, 0.1) is 31.9 Å². The van der Waals surface area contributed by atoms with Gasteiger partial charge in [0.15, 0.2) is 11.6 Å². The predicted octanol–water partition coefficient (Wildman–Crippen LogP) is 2.96. The third kappa shape index (κ3) is 5.10. The van der Waals surface area contributed by atoms with Gasteiger partial charge in [-0.1, -0.05) is 6.07 Å². The normalized spacial score (nSPS) is 12.2. The topological polar surface area (TPSA) is 134 Å². The highest BCUT2D eigenvalue weighted by atomic mass is 32.2. The van der Waals surface area contributed by atoms with E-state index in [1.54, 1.807) is 30.5 Å². The van der Waals surface area contributed by atoms with E-state index in [4.69, 9.17) is 9.47 Å². The predicted molar refractivity (Wildman–Crippen MR) is 130 cm³/mol. The van der Waals surface area contributed by atoms with Crippen molar-refractivity contribution in [1.82, 2.24) is 29.7 Å². The third-order valence-electron chi connectivity index (χ3n) is 5.37. The second-order valence-corrected chi connectivity index (χ2v) is 9.96. The third-order valence-corrected chi connectivity index (χ3v) is 7.06. The van der Waals surface area contributed by atoms with Crippen molar-refractivity contribution in [3.63, 3.8) is 0 Å². The van der Waals surface area contributed by atoms with Crippen molar-refractivity contribution in [1.29, 1.82) is 0 Å². The van der Waals surface area contributed by atoms with Crippen LogP contribution in [-0.2, 0) is 16.4 Å². The van der Waals surface area contributed by atoms with Crippen LogP contribution < -0.4 is 14.2 Å². The van der Waals surface area contributed by atoms with Gasteiger partial charge in [-0.2, -0.15) is 0 Å². The summed E-state index contributed by atoms with van der Waals surface area (Å²) in [6.45, 7) is 3.34. The maximum absolute atomic E-state index is 13.3. The second-order valence-electron chi connectivity index (χ2n) is 7.86. The minimum absolute atomic E-state index is 0.0452. The molecule has 0 spiro atoms. The molecule has 1 aromatic carbocycles. The number of halogens is 1. The van der Waals surface area contributed by atoms with Gasteiger partial charge in [0.2, 0.25) is 16.0 Å². The van der Waals surface area contributed by atoms with Gasteiger partial charge in [0.1, 0.15) is 23.0 Å². The molecule has 0 saturated heterocycles. The maximum atomic E-state index is 13.3. The van der Waals surface area contributed by atoms with E-state index < -0.39 is 21.1 Å². The largest absolute Gasteiger partial charge is 0.494 e. The zero-order chi connectivity index (χ0) is 25.9. The van der Waals surface area contributed by atoms with E-state index >= 15 is 0 Å². The molecule has 0 aliphatic rings. The fourth-order valence-corrected chi connectivity index (χ4v) is 4.40. The van der Waals surface area contributed by atoms with Crippen LogP contribution in [0.2, 0.25) is 0 Å². The Morgan fingerprint density at radius 2 is 1.67 bits per heavy atom. The number of hydrogen-bond acceptors (Lipinski definition) is 9. The van der Waals surface area contributed by atoms with Crippen molar-refractivity contribution in [2.24, 2.45) is 0 Å². The highest BCUT2D eigenvalue weighted by molar-refractivity contribution is 7.93. The number of nitrogens with zero attached hydrogens (tertiary/aromatic N) is 6. The summed E-state index contributed by atoms with van der Waals surface area (Å²) in [5.74, 6) is 0.628. The Morgan fingerprint density at radius 1 is 1.00 bits per heavy atom. The summed E-state index contributed by atoms with van der Waals surface area (Å²) in [6.07, 6.45) is 3.55. The molecule has 0 aliphatic heterocycles. The summed E-state index contributed by atoms with van der Waals surface area (Å²) in [6, 6.07) is 8.77. The SMILES string of the molecule is COc1cccc(OC)c1-n1c(NS(=O)(=O)[C@@H](C)Cc2ncc(F)cn2)nnc1-c1ccc(C)nc1. The van der Waals surface area contributed by atoms with Gasteiger partial charge in [-0.25, -0.2) is 22.8 Å². The van der Waals surface area contributed by atoms with E-state index in [1.807, 2.05) is 13.0 Å². The maximum Gasteiger partial charge on any atom is 0.243 e. The Balaban J connectivity index is 1.80. The van der Waals surface area contributed by atoms with Crippen molar-refractivity contribution < 1.29 is 22.3 Å². The molecule has 0 radical (unpaired) electrons. The number of para-hydroxylation sites is 1. The summed E-state index contributed by atoms with van der Waals surface area (Å²) in [5, 5.41) is 7.41. The first-order valence-corrected chi connectivity index (χ1v) is 12.4. The molecule has 0 fully saturated rings. The number of hydrogen-bond donors (Lipinski definition) is 1. The van der Waals surface area contributed by atoms with Crippen LogP contribution in [0.25, 0.3) is 17.1 Å². The van der Waals surface area contributed by atoms with Crippen LogP contribution in [0.5, 0.6) is 11.5 Å². The van der Waals surface area contributed by atoms with Gasteiger partial charge in [-0.3, -0.25) is 14.3 Å². The molecule has 3 heterocycles. The molecule has 0 saturated carbocycles. The highest BCUT2D eigenvalue weighted by Crippen LogP contribution is 2.37. The molecule has 11 nitrogen and oxygen atoms in total. The molecular formula is C23H24FN7O4S. The first kappa shape index (κ1) is 25.0. The fraction of sp³-hybridized carbons (Fsp3) is 0.261. The molecule has 0 unspecified atom stereocenters. The Hall–Kier alpha value is -4.13. The lowest BCUT2D eigenvalue weighted by atomic mass is 10.2. The highest BCUT2D eigenvalue weighted by Gasteiger charge is 2.28.